The molecule has 0 saturated carbocycles. The number of halogens is 4. The summed E-state index contributed by atoms with van der Waals surface area (Å²) in [4.78, 5) is 3.73. The first-order valence-electron chi connectivity index (χ1n) is 3.39. The smallest absolute Gasteiger partial charge is 0.361 e. The number of nitrogens with zero attached hydrogens (tertiary/aromatic N) is 1. The van der Waals surface area contributed by atoms with Crippen LogP contribution in [0.1, 0.15) is 0 Å². The summed E-state index contributed by atoms with van der Waals surface area (Å²) in [6.45, 7) is -1.06. The monoisotopic (exact) mass is 302 g/mol. The third-order valence-corrected chi connectivity index (χ3v) is 1.86. The summed E-state index contributed by atoms with van der Waals surface area (Å²) < 4.78 is 36.1. The number of anilines is 1. The maximum atomic E-state index is 11.7. The number of alkyl halides is 3. The third-order valence-electron chi connectivity index (χ3n) is 1.19. The average Bonchev–Trinajstić information content (AvgIpc) is 2.00. The Morgan fingerprint density at radius 3 is 2.69 bits per heavy atom. The molecule has 0 spiro atoms. The van der Waals surface area contributed by atoms with Crippen LogP contribution in [0.2, 0.25) is 0 Å². The lowest BCUT2D eigenvalue weighted by Gasteiger charge is -2.08. The molecule has 0 aliphatic heterocycles. The zero-order chi connectivity index (χ0) is 9.90. The molecule has 1 N–H and O–H groups in total. The molecule has 1 aromatic heterocycles. The molecule has 2 nitrogen and oxygen atoms in total. The number of rotatable bonds is 2. The molecule has 0 atom stereocenters. The molecular formula is C7H6F3IN2. The summed E-state index contributed by atoms with van der Waals surface area (Å²) in [5.74, 6) is 0.240. The molecule has 0 aliphatic carbocycles. The molecule has 0 unspecified atom stereocenters. The maximum Gasteiger partial charge on any atom is 0.405 e. The molecule has 72 valence electrons. The molecule has 1 rings (SSSR count). The molecular weight excluding hydrogens is 296 g/mol. The molecule has 0 bridgehead atoms. The minimum atomic E-state index is -4.21. The lowest BCUT2D eigenvalue weighted by Crippen LogP contribution is -2.21. The molecule has 0 amide bonds. The lowest BCUT2D eigenvalue weighted by atomic mass is 10.4. The van der Waals surface area contributed by atoms with Crippen molar-refractivity contribution in [2.24, 2.45) is 0 Å². The van der Waals surface area contributed by atoms with E-state index >= 15 is 0 Å². The van der Waals surface area contributed by atoms with E-state index in [1.54, 1.807) is 12.1 Å². The highest BCUT2D eigenvalue weighted by atomic mass is 127. The summed E-state index contributed by atoms with van der Waals surface area (Å²) in [6.07, 6.45) is -2.75. The predicted octanol–water partition coefficient (Wildman–Crippen LogP) is 2.66. The second-order valence-corrected chi connectivity index (χ2v) is 3.57. The quantitative estimate of drug-likeness (QED) is 0.850. The molecule has 0 fully saturated rings. The SMILES string of the molecule is FC(F)(F)CNc1cc(I)ccn1. The summed E-state index contributed by atoms with van der Waals surface area (Å²) in [5, 5.41) is 2.18. The van der Waals surface area contributed by atoms with Crippen LogP contribution in [-0.4, -0.2) is 17.7 Å². The van der Waals surface area contributed by atoms with Gasteiger partial charge in [0.15, 0.2) is 0 Å². The summed E-state index contributed by atoms with van der Waals surface area (Å²) in [6, 6.07) is 3.26. The third kappa shape index (κ3) is 4.30. The second-order valence-electron chi connectivity index (χ2n) is 2.33. The van der Waals surface area contributed by atoms with Crippen molar-refractivity contribution in [3.63, 3.8) is 0 Å². The van der Waals surface area contributed by atoms with Gasteiger partial charge in [0.2, 0.25) is 0 Å². The van der Waals surface area contributed by atoms with Gasteiger partial charge in [-0.05, 0) is 34.7 Å². The van der Waals surface area contributed by atoms with E-state index in [4.69, 9.17) is 0 Å². The van der Waals surface area contributed by atoms with Crippen molar-refractivity contribution >= 4 is 28.4 Å². The van der Waals surface area contributed by atoms with Gasteiger partial charge >= 0.3 is 6.18 Å². The Kier molecular flexibility index (Phi) is 3.34. The number of aromatic nitrogens is 1. The van der Waals surface area contributed by atoms with Crippen LogP contribution in [0, 0.1) is 3.57 Å². The fourth-order valence-corrected chi connectivity index (χ4v) is 1.15. The summed E-state index contributed by atoms with van der Waals surface area (Å²) in [5.41, 5.74) is 0. The standard InChI is InChI=1S/C7H6F3IN2/c8-7(9,10)4-13-6-3-5(11)1-2-12-6/h1-3H,4H2,(H,12,13). The fraction of sp³-hybridized carbons (Fsp3) is 0.286. The van der Waals surface area contributed by atoms with Crippen molar-refractivity contribution in [1.29, 1.82) is 0 Å². The van der Waals surface area contributed by atoms with Crippen LogP contribution in [0.15, 0.2) is 18.3 Å². The van der Waals surface area contributed by atoms with Gasteiger partial charge in [0.1, 0.15) is 12.4 Å². The normalized spacial score (nSPS) is 11.4. The van der Waals surface area contributed by atoms with E-state index in [1.807, 2.05) is 22.6 Å². The molecule has 6 heteroatoms. The number of hydrogen-bond acceptors (Lipinski definition) is 2. The maximum absolute atomic E-state index is 11.7. The van der Waals surface area contributed by atoms with E-state index < -0.39 is 12.7 Å². The van der Waals surface area contributed by atoms with Gasteiger partial charge in [0.05, 0.1) is 0 Å². The molecule has 0 saturated heterocycles. The van der Waals surface area contributed by atoms with E-state index in [0.29, 0.717) is 0 Å². The highest BCUT2D eigenvalue weighted by molar-refractivity contribution is 14.1. The van der Waals surface area contributed by atoms with E-state index in [-0.39, 0.29) is 5.82 Å². The van der Waals surface area contributed by atoms with Crippen LogP contribution < -0.4 is 5.32 Å². The zero-order valence-corrected chi connectivity index (χ0v) is 8.56. The fourth-order valence-electron chi connectivity index (χ4n) is 0.692. The van der Waals surface area contributed by atoms with Gasteiger partial charge in [0.25, 0.3) is 0 Å². The first-order chi connectivity index (χ1) is 5.97. The van der Waals surface area contributed by atoms with Crippen LogP contribution in [0.3, 0.4) is 0 Å². The minimum absolute atomic E-state index is 0.240. The summed E-state index contributed by atoms with van der Waals surface area (Å²) in [7, 11) is 0. The van der Waals surface area contributed by atoms with Crippen molar-refractivity contribution in [3.05, 3.63) is 21.9 Å². The van der Waals surface area contributed by atoms with E-state index in [9.17, 15) is 13.2 Å². The highest BCUT2D eigenvalue weighted by Gasteiger charge is 2.26. The van der Waals surface area contributed by atoms with Gasteiger partial charge in [-0.3, -0.25) is 0 Å². The van der Waals surface area contributed by atoms with E-state index in [0.717, 1.165) is 3.57 Å². The van der Waals surface area contributed by atoms with Gasteiger partial charge < -0.3 is 5.32 Å². The van der Waals surface area contributed by atoms with Crippen molar-refractivity contribution < 1.29 is 13.2 Å². The largest absolute Gasteiger partial charge is 0.405 e. The van der Waals surface area contributed by atoms with Crippen molar-refractivity contribution in [3.8, 4) is 0 Å². The predicted molar refractivity (Wildman–Crippen MR) is 51.5 cm³/mol. The number of nitrogens with one attached hydrogen (secondary N) is 1. The Bertz CT molecular complexity index is 287. The molecule has 0 radical (unpaired) electrons. The van der Waals surface area contributed by atoms with Crippen molar-refractivity contribution in [2.45, 2.75) is 6.18 Å². The topological polar surface area (TPSA) is 24.9 Å². The molecule has 13 heavy (non-hydrogen) atoms. The minimum Gasteiger partial charge on any atom is -0.361 e. The Morgan fingerprint density at radius 2 is 2.15 bits per heavy atom. The van der Waals surface area contributed by atoms with Gasteiger partial charge in [-0.2, -0.15) is 13.2 Å². The molecule has 1 aromatic rings. The summed E-state index contributed by atoms with van der Waals surface area (Å²) >= 11 is 2.00. The lowest BCUT2D eigenvalue weighted by molar-refractivity contribution is -0.115. The Hall–Kier alpha value is -0.530. The van der Waals surface area contributed by atoms with Crippen LogP contribution in [0.25, 0.3) is 0 Å². The number of hydrogen-bond donors (Lipinski definition) is 1. The van der Waals surface area contributed by atoms with E-state index in [1.165, 1.54) is 6.20 Å². The zero-order valence-electron chi connectivity index (χ0n) is 6.40. The van der Waals surface area contributed by atoms with Gasteiger partial charge in [-0.15, -0.1) is 0 Å². The van der Waals surface area contributed by atoms with Crippen LogP contribution >= 0.6 is 22.6 Å². The van der Waals surface area contributed by atoms with Crippen molar-refractivity contribution in [1.82, 2.24) is 4.98 Å². The molecule has 0 aromatic carbocycles. The molecule has 1 heterocycles. The van der Waals surface area contributed by atoms with Crippen molar-refractivity contribution in [2.75, 3.05) is 11.9 Å². The second kappa shape index (κ2) is 4.12. The van der Waals surface area contributed by atoms with Crippen LogP contribution in [0.5, 0.6) is 0 Å². The number of pyridine rings is 1. The average molecular weight is 302 g/mol. The highest BCUT2D eigenvalue weighted by Crippen LogP contribution is 2.16. The van der Waals surface area contributed by atoms with Crippen LogP contribution in [-0.2, 0) is 0 Å². The van der Waals surface area contributed by atoms with E-state index in [2.05, 4.69) is 10.3 Å². The Balaban J connectivity index is 2.55. The van der Waals surface area contributed by atoms with Gasteiger partial charge in [-0.25, -0.2) is 4.98 Å². The van der Waals surface area contributed by atoms with Gasteiger partial charge in [-0.1, -0.05) is 0 Å². The molecule has 0 aliphatic rings. The Morgan fingerprint density at radius 1 is 1.46 bits per heavy atom. The van der Waals surface area contributed by atoms with Gasteiger partial charge in [0, 0.05) is 9.77 Å². The first-order valence-corrected chi connectivity index (χ1v) is 4.47. The first kappa shape index (κ1) is 10.6. The van der Waals surface area contributed by atoms with Crippen LogP contribution in [0.4, 0.5) is 19.0 Å². The Labute approximate surface area is 86.7 Å².